The molecule has 1 heterocycles. The van der Waals surface area contributed by atoms with E-state index >= 15 is 0 Å². The number of carbonyl (C=O) groups excluding carboxylic acids is 1. The number of hydrogen-bond acceptors (Lipinski definition) is 3. The Balaban J connectivity index is 2.44. The second-order valence-electron chi connectivity index (χ2n) is 3.21. The molecule has 0 amide bonds. The Morgan fingerprint density at radius 2 is 2.06 bits per heavy atom. The average molecular weight is 278 g/mol. The number of nitrogens with zero attached hydrogens (tertiary/aromatic N) is 1. The summed E-state index contributed by atoms with van der Waals surface area (Å²) in [5.74, 6) is -0.396. The van der Waals surface area contributed by atoms with Crippen LogP contribution in [0.5, 0.6) is 5.75 Å². The first kappa shape index (κ1) is 10.8. The molecule has 3 nitrogen and oxygen atoms in total. The molecule has 0 unspecified atom stereocenters. The van der Waals surface area contributed by atoms with Crippen LogP contribution in [-0.4, -0.2) is 15.9 Å². The van der Waals surface area contributed by atoms with Crippen LogP contribution in [-0.2, 0) is 0 Å². The molecule has 0 atom stereocenters. The highest BCUT2D eigenvalue weighted by atomic mass is 79.9. The van der Waals surface area contributed by atoms with Crippen LogP contribution in [0, 0.1) is 0 Å². The maximum Gasteiger partial charge on any atom is 0.215 e. The minimum absolute atomic E-state index is 0.0700. The number of pyridine rings is 1. The molecule has 0 radical (unpaired) electrons. The van der Waals surface area contributed by atoms with Crippen LogP contribution < -0.4 is 0 Å². The zero-order valence-electron chi connectivity index (χ0n) is 8.22. The largest absolute Gasteiger partial charge is 0.506 e. The fraction of sp³-hybridized carbons (Fsp3) is 0. The van der Waals surface area contributed by atoms with Crippen molar-refractivity contribution in [1.29, 1.82) is 0 Å². The minimum atomic E-state index is -0.292. The maximum absolute atomic E-state index is 12.0. The lowest BCUT2D eigenvalue weighted by Crippen LogP contribution is -2.03. The maximum atomic E-state index is 12.0. The molecule has 0 fully saturated rings. The third kappa shape index (κ3) is 2.12. The van der Waals surface area contributed by atoms with Gasteiger partial charge in [-0.3, -0.25) is 4.79 Å². The van der Waals surface area contributed by atoms with Crippen molar-refractivity contribution in [3.8, 4) is 5.75 Å². The van der Waals surface area contributed by atoms with Gasteiger partial charge in [0.05, 0.1) is 0 Å². The number of rotatable bonds is 2. The second kappa shape index (κ2) is 4.45. The number of benzene rings is 1. The first-order chi connectivity index (χ1) is 7.68. The molecule has 1 N–H and O–H groups in total. The summed E-state index contributed by atoms with van der Waals surface area (Å²) < 4.78 is 0.814. The number of hydrogen-bond donors (Lipinski definition) is 1. The zero-order valence-corrected chi connectivity index (χ0v) is 9.81. The first-order valence-electron chi connectivity index (χ1n) is 4.63. The fourth-order valence-corrected chi connectivity index (χ4v) is 1.74. The molecular weight excluding hydrogens is 270 g/mol. The molecule has 1 aromatic heterocycles. The summed E-state index contributed by atoms with van der Waals surface area (Å²) in [4.78, 5) is 15.8. The van der Waals surface area contributed by atoms with Crippen molar-refractivity contribution in [2.45, 2.75) is 0 Å². The van der Waals surface area contributed by atoms with Gasteiger partial charge in [0.2, 0.25) is 5.78 Å². The van der Waals surface area contributed by atoms with Gasteiger partial charge in [-0.15, -0.1) is 0 Å². The lowest BCUT2D eigenvalue weighted by Gasteiger charge is -2.02. The van der Waals surface area contributed by atoms with Crippen molar-refractivity contribution >= 4 is 21.7 Å². The molecule has 4 heteroatoms. The van der Waals surface area contributed by atoms with Crippen molar-refractivity contribution < 1.29 is 9.90 Å². The van der Waals surface area contributed by atoms with Gasteiger partial charge >= 0.3 is 0 Å². The summed E-state index contributed by atoms with van der Waals surface area (Å²) in [5, 5.41) is 9.52. The number of aromatic nitrogens is 1. The standard InChI is InChI=1S/C12H8BrNO2/c13-9-4-1-3-8(7-9)12(16)11-10(15)5-2-6-14-11/h1-7,15H. The van der Waals surface area contributed by atoms with E-state index in [0.29, 0.717) is 5.56 Å². The van der Waals surface area contributed by atoms with Gasteiger partial charge in [0, 0.05) is 16.2 Å². The van der Waals surface area contributed by atoms with Crippen LogP contribution in [0.3, 0.4) is 0 Å². The normalized spacial score (nSPS) is 10.1. The van der Waals surface area contributed by atoms with Gasteiger partial charge in [0.25, 0.3) is 0 Å². The molecule has 0 bridgehead atoms. The summed E-state index contributed by atoms with van der Waals surface area (Å²) in [6.45, 7) is 0. The molecule has 1 aromatic carbocycles. The lowest BCUT2D eigenvalue weighted by atomic mass is 10.1. The molecule has 80 valence electrons. The average Bonchev–Trinajstić information content (AvgIpc) is 2.29. The highest BCUT2D eigenvalue weighted by molar-refractivity contribution is 9.10. The minimum Gasteiger partial charge on any atom is -0.506 e. The molecule has 0 saturated carbocycles. The Kier molecular flexibility index (Phi) is 3.01. The fourth-order valence-electron chi connectivity index (χ4n) is 1.34. The van der Waals surface area contributed by atoms with E-state index in [2.05, 4.69) is 20.9 Å². The summed E-state index contributed by atoms with van der Waals surface area (Å²) >= 11 is 3.29. The van der Waals surface area contributed by atoms with E-state index < -0.39 is 0 Å². The van der Waals surface area contributed by atoms with E-state index in [4.69, 9.17) is 0 Å². The smallest absolute Gasteiger partial charge is 0.215 e. The highest BCUT2D eigenvalue weighted by Crippen LogP contribution is 2.19. The number of halogens is 1. The third-order valence-corrected chi connectivity index (χ3v) is 2.58. The van der Waals surface area contributed by atoms with Crippen molar-refractivity contribution in [2.75, 3.05) is 0 Å². The summed E-state index contributed by atoms with van der Waals surface area (Å²) in [7, 11) is 0. The Bertz CT molecular complexity index is 540. The van der Waals surface area contributed by atoms with E-state index in [1.54, 1.807) is 24.3 Å². The zero-order chi connectivity index (χ0) is 11.5. The molecule has 0 saturated heterocycles. The Morgan fingerprint density at radius 3 is 2.75 bits per heavy atom. The van der Waals surface area contributed by atoms with E-state index in [1.807, 2.05) is 6.07 Å². The van der Waals surface area contributed by atoms with Gasteiger partial charge < -0.3 is 5.11 Å². The van der Waals surface area contributed by atoms with Gasteiger partial charge in [-0.2, -0.15) is 0 Å². The number of aromatic hydroxyl groups is 1. The number of carbonyl (C=O) groups is 1. The Hall–Kier alpha value is -1.68. The van der Waals surface area contributed by atoms with E-state index in [1.165, 1.54) is 12.3 Å². The van der Waals surface area contributed by atoms with Crippen molar-refractivity contribution in [3.63, 3.8) is 0 Å². The summed E-state index contributed by atoms with van der Waals surface area (Å²) in [6, 6.07) is 9.98. The SMILES string of the molecule is O=C(c1cccc(Br)c1)c1ncccc1O. The predicted molar refractivity (Wildman–Crippen MR) is 63.5 cm³/mol. The Morgan fingerprint density at radius 1 is 1.25 bits per heavy atom. The third-order valence-electron chi connectivity index (χ3n) is 2.09. The Labute approximate surface area is 101 Å². The van der Waals surface area contributed by atoms with Crippen molar-refractivity contribution in [3.05, 3.63) is 58.3 Å². The summed E-state index contributed by atoms with van der Waals surface area (Å²) in [5.41, 5.74) is 0.559. The molecule has 16 heavy (non-hydrogen) atoms. The molecule has 0 aliphatic carbocycles. The van der Waals surface area contributed by atoms with Gasteiger partial charge in [0.1, 0.15) is 5.75 Å². The van der Waals surface area contributed by atoms with Crippen molar-refractivity contribution in [1.82, 2.24) is 4.98 Å². The van der Waals surface area contributed by atoms with E-state index in [0.717, 1.165) is 4.47 Å². The second-order valence-corrected chi connectivity index (χ2v) is 4.13. The molecule has 2 rings (SSSR count). The number of ketones is 1. The summed E-state index contributed by atoms with van der Waals surface area (Å²) in [6.07, 6.45) is 1.48. The van der Waals surface area contributed by atoms with Crippen LogP contribution in [0.25, 0.3) is 0 Å². The van der Waals surface area contributed by atoms with E-state index in [-0.39, 0.29) is 17.2 Å². The van der Waals surface area contributed by atoms with Gasteiger partial charge in [0.15, 0.2) is 5.69 Å². The van der Waals surface area contributed by atoms with Crippen LogP contribution in [0.15, 0.2) is 47.1 Å². The van der Waals surface area contributed by atoms with Crippen LogP contribution in [0.1, 0.15) is 16.1 Å². The predicted octanol–water partition coefficient (Wildman–Crippen LogP) is 2.78. The molecule has 0 aliphatic rings. The van der Waals surface area contributed by atoms with Crippen LogP contribution in [0.2, 0.25) is 0 Å². The molecule has 0 spiro atoms. The molecule has 2 aromatic rings. The quantitative estimate of drug-likeness (QED) is 0.859. The molecular formula is C12H8BrNO2. The van der Waals surface area contributed by atoms with Crippen molar-refractivity contribution in [2.24, 2.45) is 0 Å². The van der Waals surface area contributed by atoms with Crippen LogP contribution >= 0.6 is 15.9 Å². The van der Waals surface area contributed by atoms with Crippen LogP contribution in [0.4, 0.5) is 0 Å². The van der Waals surface area contributed by atoms with E-state index in [9.17, 15) is 9.90 Å². The highest BCUT2D eigenvalue weighted by Gasteiger charge is 2.14. The van der Waals surface area contributed by atoms with Gasteiger partial charge in [-0.1, -0.05) is 28.1 Å². The first-order valence-corrected chi connectivity index (χ1v) is 5.42. The lowest BCUT2D eigenvalue weighted by molar-refractivity contribution is 0.103. The van der Waals surface area contributed by atoms with Gasteiger partial charge in [-0.25, -0.2) is 4.98 Å². The monoisotopic (exact) mass is 277 g/mol. The van der Waals surface area contributed by atoms with Gasteiger partial charge in [-0.05, 0) is 24.3 Å². The topological polar surface area (TPSA) is 50.2 Å². The molecule has 0 aliphatic heterocycles.